The van der Waals surface area contributed by atoms with Crippen molar-refractivity contribution in [3.8, 4) is 0 Å². The lowest BCUT2D eigenvalue weighted by molar-refractivity contribution is 0.289. The molecule has 1 heterocycles. The molecule has 0 spiro atoms. The van der Waals surface area contributed by atoms with Crippen LogP contribution in [0.15, 0.2) is 22.7 Å². The molecule has 0 aliphatic heterocycles. The Bertz CT molecular complexity index is 476. The summed E-state index contributed by atoms with van der Waals surface area (Å²) < 4.78 is 2.47. The number of thiophene rings is 1. The number of aliphatic hydroxyl groups is 1. The van der Waals surface area contributed by atoms with E-state index in [0.29, 0.717) is 0 Å². The first-order chi connectivity index (χ1) is 7.22. The Morgan fingerprint density at radius 3 is 2.93 bits per heavy atom. The maximum absolute atomic E-state index is 8.83. The van der Waals surface area contributed by atoms with E-state index >= 15 is 0 Å². The molecule has 1 aromatic heterocycles. The molecule has 0 amide bonds. The van der Waals surface area contributed by atoms with E-state index in [4.69, 9.17) is 5.11 Å². The van der Waals surface area contributed by atoms with Crippen molar-refractivity contribution < 1.29 is 5.11 Å². The van der Waals surface area contributed by atoms with E-state index < -0.39 is 0 Å². The van der Waals surface area contributed by atoms with Crippen LogP contribution in [-0.4, -0.2) is 11.7 Å². The first-order valence-corrected chi connectivity index (χ1v) is 6.61. The van der Waals surface area contributed by atoms with Crippen molar-refractivity contribution in [1.82, 2.24) is 0 Å². The van der Waals surface area contributed by atoms with Crippen LogP contribution in [-0.2, 0) is 6.42 Å². The van der Waals surface area contributed by atoms with E-state index in [1.807, 2.05) is 11.3 Å². The van der Waals surface area contributed by atoms with Gasteiger partial charge in [0.25, 0.3) is 0 Å². The molecule has 1 aromatic carbocycles. The molecule has 0 unspecified atom stereocenters. The van der Waals surface area contributed by atoms with Gasteiger partial charge in [-0.2, -0.15) is 0 Å². The van der Waals surface area contributed by atoms with Crippen molar-refractivity contribution in [2.75, 3.05) is 6.61 Å². The van der Waals surface area contributed by atoms with Gasteiger partial charge in [0.1, 0.15) is 0 Å². The van der Waals surface area contributed by atoms with Crippen LogP contribution in [0.3, 0.4) is 0 Å². The molecule has 2 rings (SSSR count). The smallest absolute Gasteiger partial charge is 0.0434 e. The number of aryl methyl sites for hydroxylation is 2. The predicted molar refractivity (Wildman–Crippen MR) is 69.7 cm³/mol. The van der Waals surface area contributed by atoms with Gasteiger partial charge in [-0.15, -0.1) is 11.3 Å². The summed E-state index contributed by atoms with van der Waals surface area (Å²) in [4.78, 5) is 1.40. The highest BCUT2D eigenvalue weighted by Crippen LogP contribution is 2.33. The van der Waals surface area contributed by atoms with Crippen LogP contribution < -0.4 is 0 Å². The molecule has 0 bridgehead atoms. The maximum Gasteiger partial charge on any atom is 0.0434 e. The van der Waals surface area contributed by atoms with Gasteiger partial charge < -0.3 is 5.11 Å². The average molecular weight is 285 g/mol. The highest BCUT2D eigenvalue weighted by molar-refractivity contribution is 9.10. The lowest BCUT2D eigenvalue weighted by Crippen LogP contribution is -1.87. The summed E-state index contributed by atoms with van der Waals surface area (Å²) in [6.45, 7) is 2.44. The molecular formula is C12H13BrOS. The zero-order chi connectivity index (χ0) is 10.8. The van der Waals surface area contributed by atoms with Gasteiger partial charge in [-0.25, -0.2) is 0 Å². The normalized spacial score (nSPS) is 11.1. The van der Waals surface area contributed by atoms with Crippen molar-refractivity contribution in [3.05, 3.63) is 33.1 Å². The number of fused-ring (bicyclic) bond motifs is 1. The Balaban J connectivity index is 2.45. The number of rotatable bonds is 3. The summed E-state index contributed by atoms with van der Waals surface area (Å²) in [6, 6.07) is 6.40. The van der Waals surface area contributed by atoms with Crippen molar-refractivity contribution in [2.45, 2.75) is 19.8 Å². The first kappa shape index (κ1) is 11.1. The zero-order valence-electron chi connectivity index (χ0n) is 8.59. The van der Waals surface area contributed by atoms with Crippen LogP contribution in [0.1, 0.15) is 16.9 Å². The minimum atomic E-state index is 0.275. The third kappa shape index (κ3) is 2.25. The van der Waals surface area contributed by atoms with E-state index in [2.05, 4.69) is 41.1 Å². The predicted octanol–water partition coefficient (Wildman–Crippen LogP) is 3.90. The van der Waals surface area contributed by atoms with E-state index in [9.17, 15) is 0 Å². The van der Waals surface area contributed by atoms with Crippen molar-refractivity contribution in [3.63, 3.8) is 0 Å². The summed E-state index contributed by atoms with van der Waals surface area (Å²) in [6.07, 6.45) is 1.84. The zero-order valence-corrected chi connectivity index (χ0v) is 11.0. The minimum Gasteiger partial charge on any atom is -0.396 e. The Morgan fingerprint density at radius 1 is 1.40 bits per heavy atom. The summed E-state index contributed by atoms with van der Waals surface area (Å²) in [5.74, 6) is 0. The van der Waals surface area contributed by atoms with Crippen molar-refractivity contribution in [1.29, 1.82) is 0 Å². The molecule has 1 nitrogen and oxygen atoms in total. The van der Waals surface area contributed by atoms with Crippen LogP contribution >= 0.6 is 27.3 Å². The molecule has 0 saturated carbocycles. The van der Waals surface area contributed by atoms with Gasteiger partial charge in [-0.05, 0) is 48.9 Å². The molecular weight excluding hydrogens is 272 g/mol. The van der Waals surface area contributed by atoms with Crippen molar-refractivity contribution >= 4 is 37.4 Å². The third-order valence-corrected chi connectivity index (χ3v) is 4.38. The van der Waals surface area contributed by atoms with E-state index in [0.717, 1.165) is 17.3 Å². The number of aliphatic hydroxyl groups excluding tert-OH is 1. The van der Waals surface area contributed by atoms with E-state index in [1.54, 1.807) is 0 Å². The third-order valence-electron chi connectivity index (χ3n) is 2.56. The SMILES string of the molecule is Cc1c(CCCO)sc2ccc(Br)cc12. The monoisotopic (exact) mass is 284 g/mol. The van der Waals surface area contributed by atoms with Gasteiger partial charge in [-0.3, -0.25) is 0 Å². The molecule has 1 N–H and O–H groups in total. The number of hydrogen-bond acceptors (Lipinski definition) is 2. The van der Waals surface area contributed by atoms with Gasteiger partial charge in [-0.1, -0.05) is 15.9 Å². The van der Waals surface area contributed by atoms with Crippen molar-refractivity contribution in [2.24, 2.45) is 0 Å². The van der Waals surface area contributed by atoms with Crippen LogP contribution in [0.4, 0.5) is 0 Å². The molecule has 0 aliphatic carbocycles. The van der Waals surface area contributed by atoms with Gasteiger partial charge in [0.05, 0.1) is 0 Å². The Morgan fingerprint density at radius 2 is 2.20 bits per heavy atom. The highest BCUT2D eigenvalue weighted by Gasteiger charge is 2.07. The second-order valence-electron chi connectivity index (χ2n) is 3.62. The van der Waals surface area contributed by atoms with E-state index in [1.165, 1.54) is 20.5 Å². The number of benzene rings is 1. The Hall–Kier alpha value is -0.380. The van der Waals surface area contributed by atoms with E-state index in [-0.39, 0.29) is 6.61 Å². The fourth-order valence-corrected chi connectivity index (χ4v) is 3.32. The molecule has 80 valence electrons. The molecule has 0 atom stereocenters. The first-order valence-electron chi connectivity index (χ1n) is 5.01. The quantitative estimate of drug-likeness (QED) is 0.907. The van der Waals surface area contributed by atoms with Crippen LogP contribution in [0.5, 0.6) is 0 Å². The van der Waals surface area contributed by atoms with Crippen LogP contribution in [0.2, 0.25) is 0 Å². The topological polar surface area (TPSA) is 20.2 Å². The number of hydrogen-bond donors (Lipinski definition) is 1. The molecule has 0 saturated heterocycles. The van der Waals surface area contributed by atoms with Crippen LogP contribution in [0.25, 0.3) is 10.1 Å². The molecule has 3 heteroatoms. The van der Waals surface area contributed by atoms with Gasteiger partial charge in [0, 0.05) is 20.7 Å². The molecule has 2 aromatic rings. The summed E-state index contributed by atoms with van der Waals surface area (Å²) in [5, 5.41) is 10.2. The highest BCUT2D eigenvalue weighted by atomic mass is 79.9. The minimum absolute atomic E-state index is 0.275. The summed E-state index contributed by atoms with van der Waals surface area (Å²) in [7, 11) is 0. The lowest BCUT2D eigenvalue weighted by Gasteiger charge is -1.96. The van der Waals surface area contributed by atoms with Gasteiger partial charge >= 0.3 is 0 Å². The fraction of sp³-hybridized carbons (Fsp3) is 0.333. The molecule has 0 radical (unpaired) electrons. The largest absolute Gasteiger partial charge is 0.396 e. The molecule has 0 fully saturated rings. The maximum atomic E-state index is 8.83. The van der Waals surface area contributed by atoms with Crippen LogP contribution in [0, 0.1) is 6.92 Å². The average Bonchev–Trinajstić information content (AvgIpc) is 2.53. The van der Waals surface area contributed by atoms with Gasteiger partial charge in [0.2, 0.25) is 0 Å². The second kappa shape index (κ2) is 4.64. The standard InChI is InChI=1S/C12H13BrOS/c1-8-10-7-9(13)4-5-12(10)15-11(8)3-2-6-14/h4-5,7,14H,2-3,6H2,1H3. The fourth-order valence-electron chi connectivity index (χ4n) is 1.72. The molecule has 0 aliphatic rings. The van der Waals surface area contributed by atoms with Gasteiger partial charge in [0.15, 0.2) is 0 Å². The number of halogens is 1. The summed E-state index contributed by atoms with van der Waals surface area (Å²) in [5.41, 5.74) is 1.37. The Kier molecular flexibility index (Phi) is 3.44. The Labute approximate surface area is 102 Å². The second-order valence-corrected chi connectivity index (χ2v) is 5.67. The lowest BCUT2D eigenvalue weighted by atomic mass is 10.1. The summed E-state index contributed by atoms with van der Waals surface area (Å²) >= 11 is 5.33. The molecule has 15 heavy (non-hydrogen) atoms.